The van der Waals surface area contributed by atoms with Crippen molar-refractivity contribution in [3.63, 3.8) is 0 Å². The quantitative estimate of drug-likeness (QED) is 0.556. The summed E-state index contributed by atoms with van der Waals surface area (Å²) in [6.07, 6.45) is 1.54. The highest BCUT2D eigenvalue weighted by atomic mass is 16.5. The first-order valence-corrected chi connectivity index (χ1v) is 8.88. The highest BCUT2D eigenvalue weighted by molar-refractivity contribution is 5.92. The van der Waals surface area contributed by atoms with Gasteiger partial charge in [-0.15, -0.1) is 0 Å². The third-order valence-corrected chi connectivity index (χ3v) is 3.84. The molecule has 0 aliphatic heterocycles. The van der Waals surface area contributed by atoms with E-state index in [0.29, 0.717) is 25.7 Å². The lowest BCUT2D eigenvalue weighted by molar-refractivity contribution is 0.0932. The lowest BCUT2D eigenvalue weighted by atomic mass is 10.2. The molecule has 144 valence electrons. The van der Waals surface area contributed by atoms with E-state index in [0.717, 1.165) is 17.0 Å². The Morgan fingerprint density at radius 3 is 2.57 bits per heavy atom. The molecule has 0 saturated carbocycles. The van der Waals surface area contributed by atoms with Gasteiger partial charge < -0.3 is 20.1 Å². The number of rotatable bonds is 9. The number of aromatic nitrogens is 2. The Kier molecular flexibility index (Phi) is 6.92. The minimum atomic E-state index is -0.271. The van der Waals surface area contributed by atoms with Gasteiger partial charge in [0.1, 0.15) is 18.1 Å². The van der Waals surface area contributed by atoms with Crippen molar-refractivity contribution in [1.29, 1.82) is 0 Å². The van der Waals surface area contributed by atoms with Crippen LogP contribution in [0.4, 0.5) is 11.6 Å². The number of amides is 1. The second-order valence-electron chi connectivity index (χ2n) is 5.94. The number of methoxy groups -OCH3 is 1. The Morgan fingerprint density at radius 2 is 1.82 bits per heavy atom. The maximum atomic E-state index is 12.1. The maximum absolute atomic E-state index is 12.1. The van der Waals surface area contributed by atoms with Gasteiger partial charge in [-0.3, -0.25) is 4.79 Å². The molecule has 0 atom stereocenters. The van der Waals surface area contributed by atoms with E-state index in [-0.39, 0.29) is 11.6 Å². The lowest BCUT2D eigenvalue weighted by Crippen LogP contribution is -2.27. The van der Waals surface area contributed by atoms with Crippen molar-refractivity contribution >= 4 is 17.5 Å². The van der Waals surface area contributed by atoms with Crippen molar-refractivity contribution in [3.05, 3.63) is 78.1 Å². The van der Waals surface area contributed by atoms with Crippen LogP contribution < -0.4 is 15.4 Å². The lowest BCUT2D eigenvalue weighted by Gasteiger charge is -2.09. The van der Waals surface area contributed by atoms with Crippen LogP contribution in [0.1, 0.15) is 16.1 Å². The molecule has 0 bridgehead atoms. The van der Waals surface area contributed by atoms with Crippen LogP contribution in [-0.4, -0.2) is 36.1 Å². The van der Waals surface area contributed by atoms with Crippen LogP contribution in [0, 0.1) is 0 Å². The normalized spacial score (nSPS) is 10.3. The second-order valence-corrected chi connectivity index (χ2v) is 5.94. The summed E-state index contributed by atoms with van der Waals surface area (Å²) in [7, 11) is 1.58. The zero-order valence-corrected chi connectivity index (χ0v) is 15.6. The molecule has 0 aliphatic carbocycles. The highest BCUT2D eigenvalue weighted by Crippen LogP contribution is 2.19. The largest absolute Gasteiger partial charge is 0.489 e. The average Bonchev–Trinajstić information content (AvgIpc) is 2.74. The molecular weight excluding hydrogens is 356 g/mol. The summed E-state index contributed by atoms with van der Waals surface area (Å²) in [5.41, 5.74) is 2.19. The fourth-order valence-corrected chi connectivity index (χ4v) is 2.41. The van der Waals surface area contributed by atoms with Crippen molar-refractivity contribution < 1.29 is 14.3 Å². The third kappa shape index (κ3) is 5.78. The van der Waals surface area contributed by atoms with Gasteiger partial charge in [0.2, 0.25) is 5.95 Å². The standard InChI is InChI=1S/C21H22N4O3/c1-27-14-13-22-20(26)19-11-12-23-21(25-19)24-17-7-9-18(10-8-17)28-15-16-5-3-2-4-6-16/h2-12H,13-15H2,1H3,(H,22,26)(H,23,24,25). The summed E-state index contributed by atoms with van der Waals surface area (Å²) in [5.74, 6) is 0.839. The summed E-state index contributed by atoms with van der Waals surface area (Å²) < 4.78 is 10.7. The molecule has 1 aromatic heterocycles. The van der Waals surface area contributed by atoms with Crippen LogP contribution in [0.5, 0.6) is 5.75 Å². The number of benzene rings is 2. The van der Waals surface area contributed by atoms with E-state index in [1.54, 1.807) is 13.2 Å². The minimum Gasteiger partial charge on any atom is -0.489 e. The predicted octanol–water partition coefficient (Wildman–Crippen LogP) is 3.18. The number of hydrogen-bond donors (Lipinski definition) is 2. The number of carbonyl (C=O) groups is 1. The maximum Gasteiger partial charge on any atom is 0.270 e. The molecule has 0 aliphatic rings. The minimum absolute atomic E-state index is 0.271. The summed E-state index contributed by atoms with van der Waals surface area (Å²) in [6, 6.07) is 19.0. The number of nitrogens with one attached hydrogen (secondary N) is 2. The molecule has 2 N–H and O–H groups in total. The summed E-state index contributed by atoms with van der Waals surface area (Å²) in [6.45, 7) is 1.38. The van der Waals surface area contributed by atoms with Crippen molar-refractivity contribution in [1.82, 2.24) is 15.3 Å². The predicted molar refractivity (Wildman–Crippen MR) is 107 cm³/mol. The van der Waals surface area contributed by atoms with Gasteiger partial charge in [-0.1, -0.05) is 30.3 Å². The first-order chi connectivity index (χ1) is 13.7. The van der Waals surface area contributed by atoms with Gasteiger partial charge in [-0.25, -0.2) is 9.97 Å². The fourth-order valence-electron chi connectivity index (χ4n) is 2.41. The Bertz CT molecular complexity index is 886. The Balaban J connectivity index is 1.56. The zero-order chi connectivity index (χ0) is 19.6. The Hall–Kier alpha value is -3.45. The molecule has 0 radical (unpaired) electrons. The summed E-state index contributed by atoms with van der Waals surface area (Å²) in [4.78, 5) is 20.4. The molecule has 0 fully saturated rings. The Labute approximate surface area is 163 Å². The Morgan fingerprint density at radius 1 is 1.04 bits per heavy atom. The number of hydrogen-bond acceptors (Lipinski definition) is 6. The molecule has 2 aromatic carbocycles. The summed E-state index contributed by atoms with van der Waals surface area (Å²) >= 11 is 0. The second kappa shape index (κ2) is 10.0. The van der Waals surface area contributed by atoms with E-state index in [2.05, 4.69) is 20.6 Å². The smallest absolute Gasteiger partial charge is 0.270 e. The van der Waals surface area contributed by atoms with Crippen LogP contribution in [-0.2, 0) is 11.3 Å². The molecule has 7 nitrogen and oxygen atoms in total. The SMILES string of the molecule is COCCNC(=O)c1ccnc(Nc2ccc(OCc3ccccc3)cc2)n1. The molecule has 1 heterocycles. The van der Waals surface area contributed by atoms with Gasteiger partial charge in [0.25, 0.3) is 5.91 Å². The third-order valence-electron chi connectivity index (χ3n) is 3.84. The fraction of sp³-hybridized carbons (Fsp3) is 0.190. The molecule has 0 spiro atoms. The molecule has 1 amide bonds. The molecule has 0 unspecified atom stereocenters. The van der Waals surface area contributed by atoms with Gasteiger partial charge in [-0.05, 0) is 35.9 Å². The van der Waals surface area contributed by atoms with E-state index >= 15 is 0 Å². The van der Waals surface area contributed by atoms with Crippen LogP contribution in [0.25, 0.3) is 0 Å². The average molecular weight is 378 g/mol. The first kappa shape index (κ1) is 19.3. The number of anilines is 2. The van der Waals surface area contributed by atoms with E-state index in [1.807, 2.05) is 54.6 Å². The number of nitrogens with zero attached hydrogens (tertiary/aromatic N) is 2. The van der Waals surface area contributed by atoms with Gasteiger partial charge >= 0.3 is 0 Å². The molecule has 0 saturated heterocycles. The van der Waals surface area contributed by atoms with Crippen molar-refractivity contribution in [2.45, 2.75) is 6.61 Å². The monoisotopic (exact) mass is 378 g/mol. The molecular formula is C21H22N4O3. The zero-order valence-electron chi connectivity index (χ0n) is 15.6. The van der Waals surface area contributed by atoms with E-state index in [1.165, 1.54) is 6.20 Å². The summed E-state index contributed by atoms with van der Waals surface area (Å²) in [5, 5.41) is 5.81. The molecule has 28 heavy (non-hydrogen) atoms. The molecule has 7 heteroatoms. The van der Waals surface area contributed by atoms with Gasteiger partial charge in [0.05, 0.1) is 6.61 Å². The molecule has 3 aromatic rings. The van der Waals surface area contributed by atoms with Crippen molar-refractivity contribution in [2.24, 2.45) is 0 Å². The number of ether oxygens (including phenoxy) is 2. The van der Waals surface area contributed by atoms with E-state index < -0.39 is 0 Å². The van der Waals surface area contributed by atoms with Crippen molar-refractivity contribution in [2.75, 3.05) is 25.6 Å². The van der Waals surface area contributed by atoms with Crippen LogP contribution in [0.3, 0.4) is 0 Å². The number of carbonyl (C=O) groups excluding carboxylic acids is 1. The van der Waals surface area contributed by atoms with Gasteiger partial charge in [0, 0.05) is 25.5 Å². The van der Waals surface area contributed by atoms with E-state index in [9.17, 15) is 4.79 Å². The van der Waals surface area contributed by atoms with Gasteiger partial charge in [-0.2, -0.15) is 0 Å². The van der Waals surface area contributed by atoms with Crippen molar-refractivity contribution in [3.8, 4) is 5.75 Å². The van der Waals surface area contributed by atoms with Crippen LogP contribution >= 0.6 is 0 Å². The molecule has 3 rings (SSSR count). The van der Waals surface area contributed by atoms with Crippen LogP contribution in [0.2, 0.25) is 0 Å². The van der Waals surface area contributed by atoms with Gasteiger partial charge in [0.15, 0.2) is 0 Å². The van der Waals surface area contributed by atoms with Crippen LogP contribution in [0.15, 0.2) is 66.9 Å². The highest BCUT2D eigenvalue weighted by Gasteiger charge is 2.08. The first-order valence-electron chi connectivity index (χ1n) is 8.88. The van der Waals surface area contributed by atoms with E-state index in [4.69, 9.17) is 9.47 Å². The topological polar surface area (TPSA) is 85.4 Å².